The quantitative estimate of drug-likeness (QED) is 0.295. The Labute approximate surface area is 175 Å². The van der Waals surface area contributed by atoms with Gasteiger partial charge in [0, 0.05) is 32.6 Å². The molecule has 0 bridgehead atoms. The number of methoxy groups -OCH3 is 1. The number of unbranched alkanes of at least 4 members (excludes halogenated alkanes) is 2. The molecule has 0 radical (unpaired) electrons. The first-order valence-electron chi connectivity index (χ1n) is 9.94. The molecule has 0 atom stereocenters. The zero-order valence-corrected chi connectivity index (χ0v) is 17.6. The lowest BCUT2D eigenvalue weighted by Crippen LogP contribution is -2.37. The number of benzene rings is 1. The zero-order valence-electron chi connectivity index (χ0n) is 17.6. The predicted molar refractivity (Wildman–Crippen MR) is 113 cm³/mol. The molecule has 0 saturated heterocycles. The molecule has 0 aliphatic heterocycles. The summed E-state index contributed by atoms with van der Waals surface area (Å²) >= 11 is 0. The molecule has 0 fully saturated rings. The predicted octanol–water partition coefficient (Wildman–Crippen LogP) is 1.95. The van der Waals surface area contributed by atoms with Crippen LogP contribution in [0.25, 0.3) is 11.4 Å². The van der Waals surface area contributed by atoms with Crippen LogP contribution in [0.2, 0.25) is 0 Å². The molecule has 0 aliphatic rings. The van der Waals surface area contributed by atoms with Crippen LogP contribution in [0.1, 0.15) is 31.0 Å². The largest absolute Gasteiger partial charge is 0.497 e. The summed E-state index contributed by atoms with van der Waals surface area (Å²) in [4.78, 5) is 12.9. The molecular formula is C20H28N8O2. The van der Waals surface area contributed by atoms with Crippen LogP contribution in [0, 0.1) is 0 Å². The second kappa shape index (κ2) is 10.9. The molecule has 3 rings (SSSR count). The fourth-order valence-corrected chi connectivity index (χ4v) is 2.86. The molecule has 0 saturated carbocycles. The molecule has 2 N–H and O–H groups in total. The summed E-state index contributed by atoms with van der Waals surface area (Å²) < 4.78 is 12.3. The van der Waals surface area contributed by atoms with E-state index in [0.717, 1.165) is 55.3 Å². The Hall–Kier alpha value is -3.43. The number of aromatic nitrogens is 5. The van der Waals surface area contributed by atoms with E-state index in [1.165, 1.54) is 6.33 Å². The van der Waals surface area contributed by atoms with Gasteiger partial charge in [-0.2, -0.15) is 10.1 Å². The third-order valence-corrected chi connectivity index (χ3v) is 4.62. The maximum Gasteiger partial charge on any atom is 0.226 e. The first-order valence-corrected chi connectivity index (χ1v) is 9.94. The fraction of sp³-hybridized carbons (Fsp3) is 0.450. The van der Waals surface area contributed by atoms with Crippen molar-refractivity contribution in [3.63, 3.8) is 0 Å². The molecule has 2 heterocycles. The van der Waals surface area contributed by atoms with Gasteiger partial charge in [-0.25, -0.2) is 4.98 Å². The molecule has 30 heavy (non-hydrogen) atoms. The van der Waals surface area contributed by atoms with Gasteiger partial charge in [0.05, 0.1) is 13.7 Å². The summed E-state index contributed by atoms with van der Waals surface area (Å²) in [7, 11) is 5.26. The SMILES string of the molecule is CN=C(NCCCCCc1nc(-c2ccc(OC)cc2)no1)NCc1ncnn1C. The fourth-order valence-electron chi connectivity index (χ4n) is 2.86. The van der Waals surface area contributed by atoms with Crippen molar-refractivity contribution >= 4 is 5.96 Å². The minimum Gasteiger partial charge on any atom is -0.497 e. The lowest BCUT2D eigenvalue weighted by atomic mass is 10.2. The second-order valence-electron chi connectivity index (χ2n) is 6.70. The van der Waals surface area contributed by atoms with Crippen molar-refractivity contribution in [3.05, 3.63) is 42.3 Å². The van der Waals surface area contributed by atoms with E-state index in [0.29, 0.717) is 18.3 Å². The van der Waals surface area contributed by atoms with Gasteiger partial charge in [-0.15, -0.1) is 0 Å². The van der Waals surface area contributed by atoms with E-state index in [-0.39, 0.29) is 0 Å². The number of nitrogens with one attached hydrogen (secondary N) is 2. The smallest absolute Gasteiger partial charge is 0.226 e. The number of nitrogens with zero attached hydrogens (tertiary/aromatic N) is 6. The van der Waals surface area contributed by atoms with Crippen LogP contribution in [0.5, 0.6) is 5.75 Å². The highest BCUT2D eigenvalue weighted by atomic mass is 16.5. The Bertz CT molecular complexity index is 932. The van der Waals surface area contributed by atoms with Crippen LogP contribution in [0.4, 0.5) is 0 Å². The van der Waals surface area contributed by atoms with Gasteiger partial charge in [0.2, 0.25) is 11.7 Å². The van der Waals surface area contributed by atoms with Crippen LogP contribution >= 0.6 is 0 Å². The lowest BCUT2D eigenvalue weighted by molar-refractivity contribution is 0.374. The zero-order chi connectivity index (χ0) is 21.2. The molecule has 10 heteroatoms. The highest BCUT2D eigenvalue weighted by Crippen LogP contribution is 2.20. The Balaban J connectivity index is 1.32. The highest BCUT2D eigenvalue weighted by Gasteiger charge is 2.08. The summed E-state index contributed by atoms with van der Waals surface area (Å²) in [6, 6.07) is 7.61. The van der Waals surface area contributed by atoms with Crippen molar-refractivity contribution in [2.45, 2.75) is 32.2 Å². The van der Waals surface area contributed by atoms with Gasteiger partial charge in [0.15, 0.2) is 5.96 Å². The van der Waals surface area contributed by atoms with Gasteiger partial charge in [-0.3, -0.25) is 9.67 Å². The molecule has 3 aromatic rings. The molecule has 0 aliphatic carbocycles. The van der Waals surface area contributed by atoms with Crippen molar-refractivity contribution in [2.24, 2.45) is 12.0 Å². The van der Waals surface area contributed by atoms with Crippen LogP contribution < -0.4 is 15.4 Å². The summed E-state index contributed by atoms with van der Waals surface area (Å²) in [6.07, 6.45) is 5.35. The molecule has 2 aromatic heterocycles. The number of hydrogen-bond donors (Lipinski definition) is 2. The summed E-state index contributed by atoms with van der Waals surface area (Å²) in [6.45, 7) is 1.41. The van der Waals surface area contributed by atoms with Gasteiger partial charge in [0.1, 0.15) is 17.9 Å². The van der Waals surface area contributed by atoms with Gasteiger partial charge < -0.3 is 19.9 Å². The summed E-state index contributed by atoms with van der Waals surface area (Å²) in [5.41, 5.74) is 0.912. The molecule has 0 amide bonds. The van der Waals surface area contributed by atoms with E-state index in [9.17, 15) is 0 Å². The lowest BCUT2D eigenvalue weighted by Gasteiger charge is -2.11. The average molecular weight is 412 g/mol. The van der Waals surface area contributed by atoms with Crippen molar-refractivity contribution < 1.29 is 9.26 Å². The Morgan fingerprint density at radius 2 is 2.00 bits per heavy atom. The van der Waals surface area contributed by atoms with Crippen LogP contribution in [-0.2, 0) is 20.0 Å². The number of ether oxygens (including phenoxy) is 1. The number of aliphatic imine (C=N–C) groups is 1. The maximum absolute atomic E-state index is 5.36. The Morgan fingerprint density at radius 1 is 1.17 bits per heavy atom. The third kappa shape index (κ3) is 6.03. The van der Waals surface area contributed by atoms with Crippen LogP contribution in [0.15, 0.2) is 40.1 Å². The average Bonchev–Trinajstić information content (AvgIpc) is 3.41. The first kappa shape index (κ1) is 21.3. The highest BCUT2D eigenvalue weighted by molar-refractivity contribution is 5.79. The molecule has 0 unspecified atom stereocenters. The summed E-state index contributed by atoms with van der Waals surface area (Å²) in [5.74, 6) is 3.67. The second-order valence-corrected chi connectivity index (χ2v) is 6.70. The standard InChI is InChI=1S/C20H28N8O2/c1-21-20(23-13-17-24-14-25-28(17)2)22-12-6-4-5-7-18-26-19(27-30-18)15-8-10-16(29-3)11-9-15/h8-11,14H,4-7,12-13H2,1-3H3,(H2,21,22,23). The number of guanidine groups is 1. The maximum atomic E-state index is 5.36. The molecule has 160 valence electrons. The van der Waals surface area contributed by atoms with Crippen LogP contribution in [-0.4, -0.2) is 51.6 Å². The van der Waals surface area contributed by atoms with Gasteiger partial charge >= 0.3 is 0 Å². The van der Waals surface area contributed by atoms with Gasteiger partial charge in [-0.1, -0.05) is 11.6 Å². The minimum absolute atomic E-state index is 0.573. The monoisotopic (exact) mass is 412 g/mol. The van der Waals surface area contributed by atoms with E-state index >= 15 is 0 Å². The van der Waals surface area contributed by atoms with Crippen LogP contribution in [0.3, 0.4) is 0 Å². The van der Waals surface area contributed by atoms with E-state index in [2.05, 4.69) is 35.8 Å². The van der Waals surface area contributed by atoms with E-state index < -0.39 is 0 Å². The summed E-state index contributed by atoms with van der Waals surface area (Å²) in [5, 5.41) is 14.6. The molecular weight excluding hydrogens is 384 g/mol. The minimum atomic E-state index is 0.573. The molecule has 0 spiro atoms. The third-order valence-electron chi connectivity index (χ3n) is 4.62. The van der Waals surface area contributed by atoms with Gasteiger partial charge in [-0.05, 0) is 37.1 Å². The molecule has 10 nitrogen and oxygen atoms in total. The number of hydrogen-bond acceptors (Lipinski definition) is 7. The normalized spacial score (nSPS) is 11.5. The van der Waals surface area contributed by atoms with E-state index in [1.54, 1.807) is 18.8 Å². The van der Waals surface area contributed by atoms with E-state index in [4.69, 9.17) is 9.26 Å². The van der Waals surface area contributed by atoms with Crippen molar-refractivity contribution in [2.75, 3.05) is 20.7 Å². The topological polar surface area (TPSA) is 115 Å². The van der Waals surface area contributed by atoms with E-state index in [1.807, 2.05) is 31.3 Å². The number of aryl methyl sites for hydroxylation is 2. The van der Waals surface area contributed by atoms with Crippen molar-refractivity contribution in [1.82, 2.24) is 35.5 Å². The van der Waals surface area contributed by atoms with Gasteiger partial charge in [0.25, 0.3) is 0 Å². The molecule has 1 aromatic carbocycles. The van der Waals surface area contributed by atoms with Crippen molar-refractivity contribution in [1.29, 1.82) is 0 Å². The Kier molecular flexibility index (Phi) is 7.76. The van der Waals surface area contributed by atoms with Crippen molar-refractivity contribution in [3.8, 4) is 17.1 Å². The Morgan fingerprint density at radius 3 is 2.70 bits per heavy atom. The first-order chi connectivity index (χ1) is 14.7. The number of rotatable bonds is 10.